The van der Waals surface area contributed by atoms with E-state index < -0.39 is 26.2 Å². The highest BCUT2D eigenvalue weighted by Gasteiger charge is 2.30. The lowest BCUT2D eigenvalue weighted by molar-refractivity contribution is -0.142. The van der Waals surface area contributed by atoms with Crippen molar-refractivity contribution in [2.24, 2.45) is 0 Å². The molecule has 0 bridgehead atoms. The Bertz CT molecular complexity index is 551. The van der Waals surface area contributed by atoms with Crippen molar-refractivity contribution in [3.63, 3.8) is 0 Å². The second kappa shape index (κ2) is 8.87. The standard InChI is InChI=1S/C18H29NO4Si/c1-6-19(18(22)23-11-12-24(3,4)5)16(17(20)21)13-15-9-7-14(2)8-10-15/h7-10,16H,6,11-13H2,1-5H3,(H,20,21). The zero-order chi connectivity index (χ0) is 18.3. The van der Waals surface area contributed by atoms with Crippen molar-refractivity contribution in [1.29, 1.82) is 0 Å². The highest BCUT2D eigenvalue weighted by Crippen LogP contribution is 2.14. The zero-order valence-corrected chi connectivity index (χ0v) is 16.3. The lowest BCUT2D eigenvalue weighted by atomic mass is 10.0. The van der Waals surface area contributed by atoms with Crippen LogP contribution in [0.3, 0.4) is 0 Å². The number of aryl methyl sites for hydroxylation is 1. The summed E-state index contributed by atoms with van der Waals surface area (Å²) in [5.41, 5.74) is 2.00. The number of hydrogen-bond acceptors (Lipinski definition) is 3. The first kappa shape index (κ1) is 20.2. The summed E-state index contributed by atoms with van der Waals surface area (Å²) in [5.74, 6) is -1.01. The van der Waals surface area contributed by atoms with Gasteiger partial charge in [0.1, 0.15) is 6.04 Å². The molecule has 1 N–H and O–H groups in total. The number of aliphatic carboxylic acids is 1. The molecule has 1 atom stereocenters. The van der Waals surface area contributed by atoms with Gasteiger partial charge in [0.05, 0.1) is 6.61 Å². The van der Waals surface area contributed by atoms with Crippen LogP contribution in [0.2, 0.25) is 25.7 Å². The lowest BCUT2D eigenvalue weighted by Gasteiger charge is -2.27. The number of carboxylic acid groups (broad SMARTS) is 1. The minimum Gasteiger partial charge on any atom is -0.480 e. The van der Waals surface area contributed by atoms with Crippen LogP contribution in [0.4, 0.5) is 4.79 Å². The van der Waals surface area contributed by atoms with E-state index in [1.165, 1.54) is 4.90 Å². The van der Waals surface area contributed by atoms with E-state index in [4.69, 9.17) is 4.74 Å². The van der Waals surface area contributed by atoms with Gasteiger partial charge in [0.15, 0.2) is 0 Å². The smallest absolute Gasteiger partial charge is 0.410 e. The summed E-state index contributed by atoms with van der Waals surface area (Å²) in [6.45, 7) is 11.0. The van der Waals surface area contributed by atoms with E-state index in [1.807, 2.05) is 31.2 Å². The van der Waals surface area contributed by atoms with Crippen molar-refractivity contribution in [2.75, 3.05) is 13.2 Å². The Hall–Kier alpha value is -1.82. The number of likely N-dealkylation sites (N-methyl/N-ethyl adjacent to an activating group) is 1. The molecule has 1 aromatic carbocycles. The van der Waals surface area contributed by atoms with Gasteiger partial charge in [0.25, 0.3) is 0 Å². The van der Waals surface area contributed by atoms with Crippen LogP contribution >= 0.6 is 0 Å². The molecule has 0 fully saturated rings. The number of nitrogens with zero attached hydrogens (tertiary/aromatic N) is 1. The molecule has 24 heavy (non-hydrogen) atoms. The molecule has 0 spiro atoms. The molecule has 1 amide bonds. The number of amides is 1. The fourth-order valence-electron chi connectivity index (χ4n) is 2.28. The molecule has 0 heterocycles. The first-order valence-corrected chi connectivity index (χ1v) is 12.1. The molecule has 0 aliphatic heterocycles. The summed E-state index contributed by atoms with van der Waals surface area (Å²) in [6, 6.07) is 7.63. The van der Waals surface area contributed by atoms with Gasteiger partial charge in [-0.3, -0.25) is 4.90 Å². The molecule has 0 aliphatic rings. The van der Waals surface area contributed by atoms with E-state index in [-0.39, 0.29) is 6.42 Å². The van der Waals surface area contributed by atoms with Crippen LogP contribution in [-0.2, 0) is 16.0 Å². The molecule has 1 aromatic rings. The molecule has 134 valence electrons. The second-order valence-electron chi connectivity index (χ2n) is 7.25. The summed E-state index contributed by atoms with van der Waals surface area (Å²) in [4.78, 5) is 25.3. The van der Waals surface area contributed by atoms with Crippen molar-refractivity contribution in [1.82, 2.24) is 4.90 Å². The summed E-state index contributed by atoms with van der Waals surface area (Å²) in [7, 11) is -1.30. The van der Waals surface area contributed by atoms with E-state index in [0.29, 0.717) is 13.2 Å². The van der Waals surface area contributed by atoms with Gasteiger partial charge in [-0.1, -0.05) is 49.5 Å². The molecule has 5 nitrogen and oxygen atoms in total. The Morgan fingerprint density at radius 2 is 1.79 bits per heavy atom. The van der Waals surface area contributed by atoms with Gasteiger partial charge >= 0.3 is 12.1 Å². The predicted octanol–water partition coefficient (Wildman–Crippen LogP) is 3.79. The highest BCUT2D eigenvalue weighted by atomic mass is 28.3. The maximum Gasteiger partial charge on any atom is 0.410 e. The monoisotopic (exact) mass is 351 g/mol. The van der Waals surface area contributed by atoms with Crippen LogP contribution in [0.1, 0.15) is 18.1 Å². The Kier molecular flexibility index (Phi) is 7.47. The van der Waals surface area contributed by atoms with Crippen LogP contribution in [0, 0.1) is 6.92 Å². The van der Waals surface area contributed by atoms with Gasteiger partial charge in [-0.05, 0) is 25.5 Å². The quantitative estimate of drug-likeness (QED) is 0.724. The fourth-order valence-corrected chi connectivity index (χ4v) is 3.00. The van der Waals surface area contributed by atoms with E-state index in [9.17, 15) is 14.7 Å². The highest BCUT2D eigenvalue weighted by molar-refractivity contribution is 6.76. The molecule has 6 heteroatoms. The molecular weight excluding hydrogens is 322 g/mol. The van der Waals surface area contributed by atoms with Crippen molar-refractivity contribution in [2.45, 2.75) is 52.0 Å². The number of ether oxygens (including phenoxy) is 1. The minimum absolute atomic E-state index is 0.270. The van der Waals surface area contributed by atoms with Gasteiger partial charge < -0.3 is 9.84 Å². The number of hydrogen-bond donors (Lipinski definition) is 1. The molecule has 0 radical (unpaired) electrons. The maximum absolute atomic E-state index is 12.3. The molecule has 1 rings (SSSR count). The molecule has 0 saturated carbocycles. The van der Waals surface area contributed by atoms with Crippen molar-refractivity contribution < 1.29 is 19.4 Å². The van der Waals surface area contributed by atoms with Crippen molar-refractivity contribution in [3.8, 4) is 0 Å². The minimum atomic E-state index is -1.30. The van der Waals surface area contributed by atoms with Crippen LogP contribution in [0.25, 0.3) is 0 Å². The number of carbonyl (C=O) groups is 2. The zero-order valence-electron chi connectivity index (χ0n) is 15.3. The molecular formula is C18H29NO4Si. The predicted molar refractivity (Wildman–Crippen MR) is 98.2 cm³/mol. The van der Waals surface area contributed by atoms with E-state index in [1.54, 1.807) is 6.92 Å². The lowest BCUT2D eigenvalue weighted by Crippen LogP contribution is -2.46. The fraction of sp³-hybridized carbons (Fsp3) is 0.556. The molecule has 0 saturated heterocycles. The number of carbonyl (C=O) groups excluding carboxylic acids is 1. The van der Waals surface area contributed by atoms with E-state index in [0.717, 1.165) is 17.2 Å². The van der Waals surface area contributed by atoms with Crippen LogP contribution in [0.15, 0.2) is 24.3 Å². The second-order valence-corrected chi connectivity index (χ2v) is 12.9. The van der Waals surface area contributed by atoms with Crippen LogP contribution in [-0.4, -0.2) is 49.3 Å². The first-order chi connectivity index (χ1) is 11.1. The average Bonchev–Trinajstić information content (AvgIpc) is 2.47. The topological polar surface area (TPSA) is 66.8 Å². The first-order valence-electron chi connectivity index (χ1n) is 8.36. The third-order valence-electron chi connectivity index (χ3n) is 3.86. The number of carboxylic acids is 1. The normalized spacial score (nSPS) is 12.5. The third-order valence-corrected chi connectivity index (χ3v) is 5.57. The summed E-state index contributed by atoms with van der Waals surface area (Å²) in [6.07, 6.45) is -0.276. The summed E-state index contributed by atoms with van der Waals surface area (Å²) in [5, 5.41) is 9.55. The Morgan fingerprint density at radius 1 is 1.21 bits per heavy atom. The SMILES string of the molecule is CCN(C(=O)OCC[Si](C)(C)C)C(Cc1ccc(C)cc1)C(=O)O. The van der Waals surface area contributed by atoms with Crippen LogP contribution < -0.4 is 0 Å². The van der Waals surface area contributed by atoms with Gasteiger partial charge in [-0.25, -0.2) is 9.59 Å². The Morgan fingerprint density at radius 3 is 2.25 bits per heavy atom. The van der Waals surface area contributed by atoms with Crippen LogP contribution in [0.5, 0.6) is 0 Å². The maximum atomic E-state index is 12.3. The summed E-state index contributed by atoms with van der Waals surface area (Å²) >= 11 is 0. The largest absolute Gasteiger partial charge is 0.480 e. The Labute approximate surface area is 145 Å². The van der Waals surface area contributed by atoms with Gasteiger partial charge in [-0.2, -0.15) is 0 Å². The average molecular weight is 352 g/mol. The van der Waals surface area contributed by atoms with E-state index in [2.05, 4.69) is 19.6 Å². The molecule has 0 aliphatic carbocycles. The van der Waals surface area contributed by atoms with Gasteiger partial charge in [0.2, 0.25) is 0 Å². The number of benzene rings is 1. The number of rotatable bonds is 8. The van der Waals surface area contributed by atoms with Gasteiger partial charge in [0, 0.05) is 21.0 Å². The van der Waals surface area contributed by atoms with E-state index >= 15 is 0 Å². The molecule has 1 unspecified atom stereocenters. The molecule has 0 aromatic heterocycles. The van der Waals surface area contributed by atoms with Crippen molar-refractivity contribution >= 4 is 20.1 Å². The van der Waals surface area contributed by atoms with Gasteiger partial charge in [-0.15, -0.1) is 0 Å². The Balaban J connectivity index is 2.77. The third kappa shape index (κ3) is 6.74. The van der Waals surface area contributed by atoms with Crippen molar-refractivity contribution in [3.05, 3.63) is 35.4 Å². The summed E-state index contributed by atoms with van der Waals surface area (Å²) < 4.78 is 5.32.